The Bertz CT molecular complexity index is 256. The van der Waals surface area contributed by atoms with E-state index in [0.717, 1.165) is 29.6 Å². The van der Waals surface area contributed by atoms with Crippen molar-refractivity contribution in [3.05, 3.63) is 0 Å². The average Bonchev–Trinajstić information content (AvgIpc) is 2.76. The van der Waals surface area contributed by atoms with Crippen molar-refractivity contribution >= 4 is 15.7 Å². The van der Waals surface area contributed by atoms with E-state index >= 15 is 0 Å². The van der Waals surface area contributed by atoms with E-state index in [4.69, 9.17) is 0 Å². The molecule has 0 heterocycles. The fourth-order valence-corrected chi connectivity index (χ4v) is 4.97. The van der Waals surface area contributed by atoms with Crippen LogP contribution in [0.3, 0.4) is 0 Å². The van der Waals surface area contributed by atoms with Gasteiger partial charge in [-0.15, -0.1) is 0 Å². The van der Waals surface area contributed by atoms with Gasteiger partial charge in [-0.25, -0.2) is 0 Å². The molecule has 0 amide bonds. The fraction of sp³-hybridized carbons (Fsp3) is 1.00. The van der Waals surface area contributed by atoms with Gasteiger partial charge in [0, 0.05) is 0 Å². The molecule has 15 heavy (non-hydrogen) atoms. The summed E-state index contributed by atoms with van der Waals surface area (Å²) in [6.45, 7) is 2.45. The van der Waals surface area contributed by atoms with Gasteiger partial charge in [-0.3, -0.25) is 0 Å². The summed E-state index contributed by atoms with van der Waals surface area (Å²) >= 11 is 0. The largest absolute Gasteiger partial charge is 0.0992 e. The second-order valence-electron chi connectivity index (χ2n) is 7.54. The van der Waals surface area contributed by atoms with Crippen LogP contribution in [-0.4, -0.2) is 15.7 Å². The van der Waals surface area contributed by atoms with Crippen molar-refractivity contribution in [2.24, 2.45) is 29.6 Å². The van der Waals surface area contributed by atoms with Gasteiger partial charge in [-0.05, 0) is 61.7 Å². The molecular weight excluding hydrogens is 178 g/mol. The highest BCUT2D eigenvalue weighted by atomic mass is 14.5. The van der Waals surface area contributed by atoms with Crippen LogP contribution in [0.25, 0.3) is 0 Å². The molecule has 0 spiro atoms. The minimum atomic E-state index is 0.562. The highest BCUT2D eigenvalue weighted by Gasteiger charge is 2.50. The predicted molar refractivity (Wildman–Crippen MR) is 70.6 cm³/mol. The van der Waals surface area contributed by atoms with E-state index in [0.29, 0.717) is 5.21 Å². The number of rotatable bonds is 1. The summed E-state index contributed by atoms with van der Waals surface area (Å²) in [6.07, 6.45) is 9.40. The molecule has 5 atom stereocenters. The third-order valence-electron chi connectivity index (χ3n) is 5.90. The van der Waals surface area contributed by atoms with Gasteiger partial charge in [0.05, 0.1) is 15.7 Å². The van der Waals surface area contributed by atoms with Crippen LogP contribution in [0.4, 0.5) is 0 Å². The highest BCUT2D eigenvalue weighted by Crippen LogP contribution is 2.60. The first kappa shape index (κ1) is 10.3. The molecule has 0 aromatic heterocycles. The molecule has 2 bridgehead atoms. The van der Waals surface area contributed by atoms with Crippen LogP contribution in [0.15, 0.2) is 0 Å². The van der Waals surface area contributed by atoms with Crippen molar-refractivity contribution in [3.63, 3.8) is 0 Å². The van der Waals surface area contributed by atoms with E-state index in [1.165, 1.54) is 6.42 Å². The molecule has 0 saturated heterocycles. The molecule has 3 saturated carbocycles. The minimum absolute atomic E-state index is 0.562. The molecule has 3 rings (SSSR count). The Morgan fingerprint density at radius 1 is 0.867 bits per heavy atom. The monoisotopic (exact) mass is 202 g/mol. The summed E-state index contributed by atoms with van der Waals surface area (Å²) in [7, 11) is 4.90. The van der Waals surface area contributed by atoms with Gasteiger partial charge in [0.25, 0.3) is 0 Å². The van der Waals surface area contributed by atoms with Crippen LogP contribution in [0.2, 0.25) is 5.21 Å². The van der Waals surface area contributed by atoms with Crippen LogP contribution < -0.4 is 0 Å². The SMILES string of the molecule is BC(B)(C)C1CCC2C3CCC(C3)C2C1. The quantitative estimate of drug-likeness (QED) is 0.569. The maximum Gasteiger partial charge on any atom is 0.0992 e. The van der Waals surface area contributed by atoms with Crippen LogP contribution in [0.1, 0.15) is 45.4 Å². The van der Waals surface area contributed by atoms with Gasteiger partial charge < -0.3 is 0 Å². The zero-order valence-corrected chi connectivity index (χ0v) is 10.6. The molecule has 3 aliphatic rings. The van der Waals surface area contributed by atoms with E-state index in [-0.39, 0.29) is 0 Å². The molecule has 0 radical (unpaired) electrons. The van der Waals surface area contributed by atoms with Gasteiger partial charge in [-0.1, -0.05) is 18.6 Å². The van der Waals surface area contributed by atoms with Crippen LogP contribution in [-0.2, 0) is 0 Å². The first-order chi connectivity index (χ1) is 7.05. The Labute approximate surface area is 96.4 Å². The minimum Gasteiger partial charge on any atom is -0.0845 e. The van der Waals surface area contributed by atoms with Crippen LogP contribution >= 0.6 is 0 Å². The average molecular weight is 202 g/mol. The molecule has 0 N–H and O–H groups in total. The van der Waals surface area contributed by atoms with E-state index in [2.05, 4.69) is 22.6 Å². The molecule has 0 aromatic rings. The Morgan fingerprint density at radius 3 is 2.20 bits per heavy atom. The topological polar surface area (TPSA) is 0 Å². The molecule has 0 aromatic carbocycles. The maximum atomic E-state index is 2.45. The molecular formula is C13H24B2. The van der Waals surface area contributed by atoms with Gasteiger partial charge in [-0.2, -0.15) is 0 Å². The normalized spacial score (nSPS) is 49.3. The molecule has 0 aliphatic heterocycles. The van der Waals surface area contributed by atoms with Gasteiger partial charge in [0.2, 0.25) is 0 Å². The summed E-state index contributed by atoms with van der Waals surface area (Å²) in [4.78, 5) is 0. The fourth-order valence-electron chi connectivity index (χ4n) is 4.97. The van der Waals surface area contributed by atoms with E-state index in [1.807, 2.05) is 0 Å². The van der Waals surface area contributed by atoms with E-state index < -0.39 is 0 Å². The lowest BCUT2D eigenvalue weighted by atomic mass is 9.45. The Hall–Kier alpha value is 0.130. The third kappa shape index (κ3) is 1.59. The van der Waals surface area contributed by atoms with Crippen molar-refractivity contribution in [2.75, 3.05) is 0 Å². The first-order valence-electron chi connectivity index (χ1n) is 7.05. The Kier molecular flexibility index (Phi) is 2.27. The van der Waals surface area contributed by atoms with Crippen molar-refractivity contribution in [3.8, 4) is 0 Å². The first-order valence-corrected chi connectivity index (χ1v) is 7.05. The van der Waals surface area contributed by atoms with Crippen molar-refractivity contribution < 1.29 is 0 Å². The van der Waals surface area contributed by atoms with Gasteiger partial charge >= 0.3 is 0 Å². The predicted octanol–water partition coefficient (Wildman–Crippen LogP) is 1.85. The molecule has 3 fully saturated rings. The highest BCUT2D eigenvalue weighted by molar-refractivity contribution is 6.39. The third-order valence-corrected chi connectivity index (χ3v) is 5.90. The van der Waals surface area contributed by atoms with Crippen LogP contribution in [0.5, 0.6) is 0 Å². The number of hydrogen-bond acceptors (Lipinski definition) is 0. The zero-order valence-electron chi connectivity index (χ0n) is 10.6. The lowest BCUT2D eigenvalue weighted by Gasteiger charge is -2.44. The second kappa shape index (κ2) is 3.31. The standard InChI is InChI=1S/C13H24B2/c1-13(14,15)10-4-5-11-8-2-3-9(6-8)12(11)7-10/h8-12H,2-7,14-15H2,1H3. The molecule has 0 nitrogen and oxygen atoms in total. The van der Waals surface area contributed by atoms with Gasteiger partial charge in [0.1, 0.15) is 0 Å². The Morgan fingerprint density at radius 2 is 1.53 bits per heavy atom. The lowest BCUT2D eigenvalue weighted by Crippen LogP contribution is -2.34. The summed E-state index contributed by atoms with van der Waals surface area (Å²) in [5, 5.41) is 0.562. The van der Waals surface area contributed by atoms with Gasteiger partial charge in [0.15, 0.2) is 0 Å². The second-order valence-corrected chi connectivity index (χ2v) is 7.54. The summed E-state index contributed by atoms with van der Waals surface area (Å²) in [5.74, 6) is 5.60. The van der Waals surface area contributed by atoms with Crippen molar-refractivity contribution in [2.45, 2.75) is 50.7 Å². The number of fused-ring (bicyclic) bond motifs is 5. The van der Waals surface area contributed by atoms with Crippen LogP contribution in [0, 0.1) is 29.6 Å². The zero-order chi connectivity index (χ0) is 10.6. The maximum absolute atomic E-state index is 2.45. The Balaban J connectivity index is 1.73. The number of hydrogen-bond donors (Lipinski definition) is 0. The summed E-state index contributed by atoms with van der Waals surface area (Å²) < 4.78 is 0. The summed E-state index contributed by atoms with van der Waals surface area (Å²) in [6, 6.07) is 0. The molecule has 3 aliphatic carbocycles. The van der Waals surface area contributed by atoms with E-state index in [9.17, 15) is 0 Å². The molecule has 2 heteroatoms. The summed E-state index contributed by atoms with van der Waals surface area (Å²) in [5.41, 5.74) is 0. The van der Waals surface area contributed by atoms with Crippen molar-refractivity contribution in [1.29, 1.82) is 0 Å². The smallest absolute Gasteiger partial charge is 0.0845 e. The van der Waals surface area contributed by atoms with E-state index in [1.54, 1.807) is 32.1 Å². The van der Waals surface area contributed by atoms with Crippen molar-refractivity contribution in [1.82, 2.24) is 0 Å². The molecule has 5 unspecified atom stereocenters. The molecule has 82 valence electrons. The lowest BCUT2D eigenvalue weighted by molar-refractivity contribution is 0.113.